The molecule has 0 unspecified atom stereocenters. The zero-order valence-corrected chi connectivity index (χ0v) is 17.6. The van der Waals surface area contributed by atoms with Gasteiger partial charge in [-0.25, -0.2) is 4.98 Å². The van der Waals surface area contributed by atoms with Gasteiger partial charge in [-0.05, 0) is 36.8 Å². The van der Waals surface area contributed by atoms with Crippen molar-refractivity contribution in [3.8, 4) is 5.75 Å². The Morgan fingerprint density at radius 1 is 1.24 bits per heavy atom. The van der Waals surface area contributed by atoms with Gasteiger partial charge in [-0.3, -0.25) is 14.6 Å². The van der Waals surface area contributed by atoms with Gasteiger partial charge in [-0.15, -0.1) is 0 Å². The molecule has 1 saturated heterocycles. The highest BCUT2D eigenvalue weighted by Gasteiger charge is 2.23. The molecular formula is C22H25N3O3S. The number of carbonyl (C=O) groups is 1. The number of methoxy groups -OCH3 is 1. The highest BCUT2D eigenvalue weighted by atomic mass is 32.1. The molecule has 0 N–H and O–H groups in total. The highest BCUT2D eigenvalue weighted by Crippen LogP contribution is 2.31. The molecule has 0 spiro atoms. The summed E-state index contributed by atoms with van der Waals surface area (Å²) in [5.41, 5.74) is 2.68. The van der Waals surface area contributed by atoms with Crippen molar-refractivity contribution in [2.75, 3.05) is 51.4 Å². The largest absolute Gasteiger partial charge is 0.497 e. The van der Waals surface area contributed by atoms with Crippen LogP contribution in [-0.4, -0.2) is 62.3 Å². The lowest BCUT2D eigenvalue weighted by molar-refractivity contribution is 0.0391. The average Bonchev–Trinajstić information content (AvgIpc) is 3.20. The van der Waals surface area contributed by atoms with Gasteiger partial charge in [-0.2, -0.15) is 0 Å². The highest BCUT2D eigenvalue weighted by molar-refractivity contribution is 7.22. The molecule has 0 saturated carbocycles. The smallest absolute Gasteiger partial charge is 0.260 e. The quantitative estimate of drug-likeness (QED) is 0.620. The van der Waals surface area contributed by atoms with Crippen LogP contribution in [0.1, 0.15) is 15.9 Å². The zero-order valence-electron chi connectivity index (χ0n) is 16.8. The first-order chi connectivity index (χ1) is 14.2. The number of aromatic nitrogens is 1. The van der Waals surface area contributed by atoms with E-state index in [0.717, 1.165) is 53.8 Å². The van der Waals surface area contributed by atoms with Crippen molar-refractivity contribution in [2.24, 2.45) is 0 Å². The van der Waals surface area contributed by atoms with Crippen LogP contribution in [-0.2, 0) is 4.74 Å². The minimum atomic E-state index is -0.0612. The van der Waals surface area contributed by atoms with Crippen LogP contribution in [0.3, 0.4) is 0 Å². The van der Waals surface area contributed by atoms with Gasteiger partial charge in [0.2, 0.25) is 0 Å². The number of amides is 1. The van der Waals surface area contributed by atoms with Crippen molar-refractivity contribution < 1.29 is 14.3 Å². The lowest BCUT2D eigenvalue weighted by atomic mass is 10.2. The lowest BCUT2D eigenvalue weighted by Crippen LogP contribution is -2.43. The number of hydrogen-bond acceptors (Lipinski definition) is 6. The fraction of sp³-hybridized carbons (Fsp3) is 0.364. The number of ether oxygens (including phenoxy) is 2. The maximum atomic E-state index is 13.4. The molecule has 0 aliphatic carbocycles. The summed E-state index contributed by atoms with van der Waals surface area (Å²) in [4.78, 5) is 22.4. The van der Waals surface area contributed by atoms with Crippen LogP contribution in [0.5, 0.6) is 5.75 Å². The number of fused-ring (bicyclic) bond motifs is 1. The van der Waals surface area contributed by atoms with Gasteiger partial charge in [0.1, 0.15) is 5.75 Å². The molecule has 0 radical (unpaired) electrons. The third kappa shape index (κ3) is 4.42. The molecule has 1 fully saturated rings. The number of benzene rings is 2. The van der Waals surface area contributed by atoms with Gasteiger partial charge in [0.25, 0.3) is 5.91 Å². The number of thiazole rings is 1. The first-order valence-electron chi connectivity index (χ1n) is 9.78. The topological polar surface area (TPSA) is 54.9 Å². The molecule has 1 aromatic heterocycles. The van der Waals surface area contributed by atoms with E-state index < -0.39 is 0 Å². The number of nitrogens with zero attached hydrogens (tertiary/aromatic N) is 3. The van der Waals surface area contributed by atoms with Crippen LogP contribution in [0.25, 0.3) is 10.2 Å². The van der Waals surface area contributed by atoms with E-state index in [1.165, 1.54) is 0 Å². The van der Waals surface area contributed by atoms with Gasteiger partial charge in [0.15, 0.2) is 5.13 Å². The number of para-hydroxylation sites is 1. The minimum Gasteiger partial charge on any atom is -0.497 e. The summed E-state index contributed by atoms with van der Waals surface area (Å²) < 4.78 is 11.8. The van der Waals surface area contributed by atoms with Crippen LogP contribution in [0, 0.1) is 6.92 Å². The van der Waals surface area contributed by atoms with Gasteiger partial charge in [0.05, 0.1) is 30.5 Å². The van der Waals surface area contributed by atoms with Gasteiger partial charge in [-0.1, -0.05) is 29.5 Å². The van der Waals surface area contributed by atoms with E-state index in [9.17, 15) is 4.79 Å². The van der Waals surface area contributed by atoms with Crippen LogP contribution >= 0.6 is 11.3 Å². The average molecular weight is 412 g/mol. The Labute approximate surface area is 174 Å². The molecule has 2 heterocycles. The zero-order chi connectivity index (χ0) is 20.2. The summed E-state index contributed by atoms with van der Waals surface area (Å²) in [6, 6.07) is 13.4. The van der Waals surface area contributed by atoms with E-state index in [-0.39, 0.29) is 5.91 Å². The van der Waals surface area contributed by atoms with Gasteiger partial charge >= 0.3 is 0 Å². The number of rotatable bonds is 6. The fourth-order valence-electron chi connectivity index (χ4n) is 3.45. The lowest BCUT2D eigenvalue weighted by Gasteiger charge is -2.29. The predicted octanol–water partition coefficient (Wildman–Crippen LogP) is 3.59. The molecule has 0 bridgehead atoms. The first kappa shape index (κ1) is 19.8. The molecule has 7 heteroatoms. The molecule has 4 rings (SSSR count). The predicted molar refractivity (Wildman–Crippen MR) is 116 cm³/mol. The Morgan fingerprint density at radius 3 is 2.79 bits per heavy atom. The molecular weight excluding hydrogens is 386 g/mol. The summed E-state index contributed by atoms with van der Waals surface area (Å²) in [5, 5.41) is 0.732. The van der Waals surface area contributed by atoms with Crippen molar-refractivity contribution >= 4 is 32.6 Å². The summed E-state index contributed by atoms with van der Waals surface area (Å²) >= 11 is 1.56. The third-order valence-electron chi connectivity index (χ3n) is 5.15. The second kappa shape index (κ2) is 8.90. The summed E-state index contributed by atoms with van der Waals surface area (Å²) in [6.07, 6.45) is 0. The van der Waals surface area contributed by atoms with Gasteiger partial charge in [0, 0.05) is 31.7 Å². The fourth-order valence-corrected chi connectivity index (χ4v) is 4.52. The number of morpholine rings is 1. The Bertz CT molecular complexity index is 998. The molecule has 152 valence electrons. The van der Waals surface area contributed by atoms with E-state index in [2.05, 4.69) is 11.0 Å². The molecule has 0 atom stereocenters. The van der Waals surface area contributed by atoms with Crippen LogP contribution in [0.15, 0.2) is 42.5 Å². The van der Waals surface area contributed by atoms with E-state index in [1.807, 2.05) is 37.3 Å². The molecule has 3 aromatic rings. The number of carbonyl (C=O) groups excluding carboxylic acids is 1. The molecule has 2 aromatic carbocycles. The Balaban J connectivity index is 1.65. The van der Waals surface area contributed by atoms with Crippen LogP contribution in [0.2, 0.25) is 0 Å². The molecule has 29 heavy (non-hydrogen) atoms. The Kier molecular flexibility index (Phi) is 6.08. The van der Waals surface area contributed by atoms with Crippen molar-refractivity contribution in [3.63, 3.8) is 0 Å². The number of hydrogen-bond donors (Lipinski definition) is 0. The maximum absolute atomic E-state index is 13.4. The minimum absolute atomic E-state index is 0.0612. The molecule has 1 amide bonds. The van der Waals surface area contributed by atoms with Crippen molar-refractivity contribution in [2.45, 2.75) is 6.92 Å². The van der Waals surface area contributed by atoms with Crippen LogP contribution < -0.4 is 9.64 Å². The summed E-state index contributed by atoms with van der Waals surface area (Å²) in [5.74, 6) is 0.609. The SMILES string of the molecule is COc1cccc(C(=O)N(CCN2CCOCC2)c2nc3c(C)cccc3s2)c1. The third-order valence-corrected chi connectivity index (χ3v) is 6.19. The van der Waals surface area contributed by atoms with Crippen molar-refractivity contribution in [3.05, 3.63) is 53.6 Å². The van der Waals surface area contributed by atoms with Crippen molar-refractivity contribution in [1.29, 1.82) is 0 Å². The monoisotopic (exact) mass is 411 g/mol. The normalized spacial score (nSPS) is 14.8. The van der Waals surface area contributed by atoms with E-state index in [4.69, 9.17) is 14.5 Å². The van der Waals surface area contributed by atoms with Crippen molar-refractivity contribution in [1.82, 2.24) is 9.88 Å². The molecule has 1 aliphatic heterocycles. The number of aryl methyl sites for hydroxylation is 1. The van der Waals surface area contributed by atoms with E-state index >= 15 is 0 Å². The van der Waals surface area contributed by atoms with E-state index in [1.54, 1.807) is 29.4 Å². The molecule has 6 nitrogen and oxygen atoms in total. The summed E-state index contributed by atoms with van der Waals surface area (Å²) in [6.45, 7) is 6.67. The Hall–Kier alpha value is -2.48. The second-order valence-electron chi connectivity index (χ2n) is 7.06. The van der Waals surface area contributed by atoms with E-state index in [0.29, 0.717) is 17.9 Å². The first-order valence-corrected chi connectivity index (χ1v) is 10.6. The van der Waals surface area contributed by atoms with Gasteiger partial charge < -0.3 is 9.47 Å². The maximum Gasteiger partial charge on any atom is 0.260 e. The standard InChI is InChI=1S/C22H25N3O3S/c1-16-5-3-8-19-20(16)23-22(29-19)25(10-9-24-11-13-28-14-12-24)21(26)17-6-4-7-18(15-17)27-2/h3-8,15H,9-14H2,1-2H3. The summed E-state index contributed by atoms with van der Waals surface area (Å²) in [7, 11) is 1.61. The van der Waals surface area contributed by atoms with Crippen LogP contribution in [0.4, 0.5) is 5.13 Å². The Morgan fingerprint density at radius 2 is 2.03 bits per heavy atom. The molecule has 1 aliphatic rings. The number of anilines is 1. The second-order valence-corrected chi connectivity index (χ2v) is 8.07.